The van der Waals surface area contributed by atoms with E-state index in [2.05, 4.69) is 11.8 Å². The highest BCUT2D eigenvalue weighted by atomic mass is 32.2. The molecule has 29 heavy (non-hydrogen) atoms. The van der Waals surface area contributed by atoms with Crippen molar-refractivity contribution < 1.29 is 17.9 Å². The number of sulfonamides is 1. The van der Waals surface area contributed by atoms with Crippen LogP contribution in [0.2, 0.25) is 0 Å². The molecule has 0 bridgehead atoms. The minimum absolute atomic E-state index is 0.369. The number of hydrogen-bond acceptors (Lipinski definition) is 5. The Morgan fingerprint density at radius 2 is 1.62 bits per heavy atom. The van der Waals surface area contributed by atoms with Gasteiger partial charge in [0.1, 0.15) is 11.5 Å². The number of unbranched alkanes of at least 4 members (excludes halogenated alkanes) is 1. The quantitative estimate of drug-likeness (QED) is 0.656. The van der Waals surface area contributed by atoms with Crippen molar-refractivity contribution >= 4 is 15.7 Å². The Balaban J connectivity index is 1.68. The van der Waals surface area contributed by atoms with Crippen LogP contribution in [0.3, 0.4) is 0 Å². The molecule has 1 heterocycles. The maximum Gasteiger partial charge on any atom is 0.243 e. The number of methoxy groups -OCH3 is 2. The van der Waals surface area contributed by atoms with E-state index in [1.165, 1.54) is 5.56 Å². The maximum absolute atomic E-state index is 13.0. The van der Waals surface area contributed by atoms with Crippen molar-refractivity contribution in [1.82, 2.24) is 4.31 Å². The van der Waals surface area contributed by atoms with Gasteiger partial charge < -0.3 is 14.4 Å². The van der Waals surface area contributed by atoms with Gasteiger partial charge in [-0.1, -0.05) is 25.5 Å². The summed E-state index contributed by atoms with van der Waals surface area (Å²) in [4.78, 5) is 2.52. The fourth-order valence-electron chi connectivity index (χ4n) is 3.57. The van der Waals surface area contributed by atoms with E-state index in [0.29, 0.717) is 31.1 Å². The summed E-state index contributed by atoms with van der Waals surface area (Å²) >= 11 is 0. The summed E-state index contributed by atoms with van der Waals surface area (Å²) in [5.74, 6) is 1.46. The highest BCUT2D eigenvalue weighted by Crippen LogP contribution is 2.33. The maximum atomic E-state index is 13.0. The predicted octanol–water partition coefficient (Wildman–Crippen LogP) is 3.56. The minimum atomic E-state index is -3.48. The smallest absolute Gasteiger partial charge is 0.243 e. The molecule has 0 aromatic heterocycles. The van der Waals surface area contributed by atoms with E-state index in [1.54, 1.807) is 30.7 Å². The molecule has 158 valence electrons. The lowest BCUT2D eigenvalue weighted by atomic mass is 10.1. The lowest BCUT2D eigenvalue weighted by Crippen LogP contribution is -2.48. The lowest BCUT2D eigenvalue weighted by Gasteiger charge is -2.36. The van der Waals surface area contributed by atoms with Gasteiger partial charge >= 0.3 is 0 Å². The Morgan fingerprint density at radius 3 is 2.21 bits per heavy atom. The molecule has 0 amide bonds. The molecule has 0 radical (unpaired) electrons. The largest absolute Gasteiger partial charge is 0.497 e. The molecule has 0 N–H and O–H groups in total. The van der Waals surface area contributed by atoms with Crippen LogP contribution in [0.15, 0.2) is 47.4 Å². The highest BCUT2D eigenvalue weighted by molar-refractivity contribution is 7.89. The summed E-state index contributed by atoms with van der Waals surface area (Å²) in [6.45, 7) is 4.25. The molecule has 7 heteroatoms. The van der Waals surface area contributed by atoms with E-state index in [1.807, 2.05) is 30.3 Å². The topological polar surface area (TPSA) is 59.1 Å². The zero-order valence-electron chi connectivity index (χ0n) is 17.4. The monoisotopic (exact) mass is 418 g/mol. The third kappa shape index (κ3) is 4.85. The van der Waals surface area contributed by atoms with Gasteiger partial charge in [-0.2, -0.15) is 4.31 Å². The average molecular weight is 419 g/mol. The number of piperazine rings is 1. The van der Waals surface area contributed by atoms with Crippen molar-refractivity contribution in [3.05, 3.63) is 48.0 Å². The molecule has 0 aliphatic carbocycles. The Hall–Kier alpha value is -2.25. The van der Waals surface area contributed by atoms with Crippen LogP contribution in [0.25, 0.3) is 0 Å². The Bertz CT molecular complexity index is 905. The first-order chi connectivity index (χ1) is 14.0. The fraction of sp³-hybridized carbons (Fsp3) is 0.455. The molecule has 3 rings (SSSR count). The minimum Gasteiger partial charge on any atom is -0.497 e. The van der Waals surface area contributed by atoms with Crippen LogP contribution in [-0.2, 0) is 16.4 Å². The molecule has 2 aromatic rings. The first kappa shape index (κ1) is 21.5. The number of rotatable bonds is 8. The van der Waals surface area contributed by atoms with Crippen molar-refractivity contribution in [3.8, 4) is 11.5 Å². The van der Waals surface area contributed by atoms with E-state index in [0.717, 1.165) is 36.4 Å². The van der Waals surface area contributed by atoms with Crippen LogP contribution in [0.5, 0.6) is 11.5 Å². The van der Waals surface area contributed by atoms with Crippen LogP contribution in [0.4, 0.5) is 5.69 Å². The van der Waals surface area contributed by atoms with Gasteiger partial charge in [0, 0.05) is 32.2 Å². The third-order valence-electron chi connectivity index (χ3n) is 5.35. The summed E-state index contributed by atoms with van der Waals surface area (Å²) < 4.78 is 38.4. The van der Waals surface area contributed by atoms with E-state index < -0.39 is 10.0 Å². The molecule has 2 aromatic carbocycles. The molecule has 1 saturated heterocycles. The van der Waals surface area contributed by atoms with Crippen molar-refractivity contribution in [1.29, 1.82) is 0 Å². The second kappa shape index (κ2) is 9.50. The summed E-state index contributed by atoms with van der Waals surface area (Å²) in [6, 6.07) is 13.0. The van der Waals surface area contributed by atoms with Gasteiger partial charge in [-0.05, 0) is 42.7 Å². The SMILES string of the molecule is CCCCc1ccc(S(=O)(=O)N2CCN(c3ccc(OC)cc3OC)CC2)cc1. The molecule has 0 atom stereocenters. The van der Waals surface area contributed by atoms with Gasteiger partial charge in [0.25, 0.3) is 0 Å². The lowest BCUT2D eigenvalue weighted by molar-refractivity contribution is 0.375. The van der Waals surface area contributed by atoms with Crippen molar-refractivity contribution in [2.75, 3.05) is 45.3 Å². The van der Waals surface area contributed by atoms with E-state index in [9.17, 15) is 8.42 Å². The van der Waals surface area contributed by atoms with Crippen molar-refractivity contribution in [2.24, 2.45) is 0 Å². The van der Waals surface area contributed by atoms with Gasteiger partial charge in [0.15, 0.2) is 0 Å². The molecule has 1 fully saturated rings. The summed E-state index contributed by atoms with van der Waals surface area (Å²) in [5, 5.41) is 0. The molecule has 0 unspecified atom stereocenters. The standard InChI is InChI=1S/C22H30N2O4S/c1-4-5-6-18-7-10-20(11-8-18)29(25,26)24-15-13-23(14-16-24)21-12-9-19(27-2)17-22(21)28-3/h7-12,17H,4-6,13-16H2,1-3H3. The van der Waals surface area contributed by atoms with Gasteiger partial charge in [0.2, 0.25) is 10.0 Å². The predicted molar refractivity (Wildman–Crippen MR) is 116 cm³/mol. The number of ether oxygens (including phenoxy) is 2. The second-order valence-electron chi connectivity index (χ2n) is 7.18. The molecular weight excluding hydrogens is 388 g/mol. The highest BCUT2D eigenvalue weighted by Gasteiger charge is 2.29. The molecular formula is C22H30N2O4S. The van der Waals surface area contributed by atoms with Crippen LogP contribution < -0.4 is 14.4 Å². The molecule has 1 aliphatic heterocycles. The zero-order valence-corrected chi connectivity index (χ0v) is 18.2. The van der Waals surface area contributed by atoms with Crippen LogP contribution >= 0.6 is 0 Å². The molecule has 0 saturated carbocycles. The third-order valence-corrected chi connectivity index (χ3v) is 7.26. The number of hydrogen-bond donors (Lipinski definition) is 0. The van der Waals surface area contributed by atoms with Crippen molar-refractivity contribution in [2.45, 2.75) is 31.1 Å². The van der Waals surface area contributed by atoms with Crippen LogP contribution in [0, 0.1) is 0 Å². The molecule has 1 aliphatic rings. The first-order valence-corrected chi connectivity index (χ1v) is 11.5. The van der Waals surface area contributed by atoms with Crippen LogP contribution in [-0.4, -0.2) is 53.1 Å². The first-order valence-electron chi connectivity index (χ1n) is 10.1. The van der Waals surface area contributed by atoms with E-state index in [-0.39, 0.29) is 0 Å². The van der Waals surface area contributed by atoms with Gasteiger partial charge in [0.05, 0.1) is 24.8 Å². The van der Waals surface area contributed by atoms with E-state index in [4.69, 9.17) is 9.47 Å². The molecule has 6 nitrogen and oxygen atoms in total. The number of benzene rings is 2. The van der Waals surface area contributed by atoms with Crippen LogP contribution in [0.1, 0.15) is 25.3 Å². The Kier molecular flexibility index (Phi) is 7.03. The number of aryl methyl sites for hydroxylation is 1. The normalized spacial score (nSPS) is 15.3. The number of anilines is 1. The summed E-state index contributed by atoms with van der Waals surface area (Å²) in [7, 11) is -0.228. The van der Waals surface area contributed by atoms with Gasteiger partial charge in [-0.3, -0.25) is 0 Å². The van der Waals surface area contributed by atoms with Gasteiger partial charge in [-0.15, -0.1) is 0 Å². The average Bonchev–Trinajstić information content (AvgIpc) is 2.77. The summed E-state index contributed by atoms with van der Waals surface area (Å²) in [5.41, 5.74) is 2.13. The zero-order chi connectivity index (χ0) is 20.9. The Morgan fingerprint density at radius 1 is 0.931 bits per heavy atom. The fourth-order valence-corrected chi connectivity index (χ4v) is 5.00. The van der Waals surface area contributed by atoms with E-state index >= 15 is 0 Å². The molecule has 0 spiro atoms. The second-order valence-corrected chi connectivity index (χ2v) is 9.11. The van der Waals surface area contributed by atoms with Crippen molar-refractivity contribution in [3.63, 3.8) is 0 Å². The van der Waals surface area contributed by atoms with Gasteiger partial charge in [-0.25, -0.2) is 8.42 Å². The Labute approximate surface area is 174 Å². The number of nitrogens with zero attached hydrogens (tertiary/aromatic N) is 2. The summed E-state index contributed by atoms with van der Waals surface area (Å²) in [6.07, 6.45) is 3.23.